The molecule has 1 rings (SSSR count). The Hall–Kier alpha value is -1.22. The van der Waals surface area contributed by atoms with E-state index in [-0.39, 0.29) is 5.41 Å². The molecule has 0 fully saturated rings. The molecule has 108 valence electrons. The zero-order valence-corrected chi connectivity index (χ0v) is 12.7. The number of ether oxygens (including phenoxy) is 2. The van der Waals surface area contributed by atoms with Crippen molar-refractivity contribution in [2.45, 2.75) is 34.1 Å². The van der Waals surface area contributed by atoms with Crippen LogP contribution in [0.3, 0.4) is 0 Å². The van der Waals surface area contributed by atoms with E-state index in [0.717, 1.165) is 31.0 Å². The van der Waals surface area contributed by atoms with Crippen molar-refractivity contribution in [3.05, 3.63) is 24.3 Å². The van der Waals surface area contributed by atoms with Crippen LogP contribution in [0.2, 0.25) is 0 Å². The molecule has 0 amide bonds. The summed E-state index contributed by atoms with van der Waals surface area (Å²) in [7, 11) is 0. The lowest BCUT2D eigenvalue weighted by Gasteiger charge is -2.25. The van der Waals surface area contributed by atoms with Crippen molar-refractivity contribution in [1.29, 1.82) is 0 Å². The van der Waals surface area contributed by atoms with Gasteiger partial charge < -0.3 is 14.8 Å². The second-order valence-electron chi connectivity index (χ2n) is 5.42. The first-order valence-corrected chi connectivity index (χ1v) is 7.14. The molecule has 1 aromatic carbocycles. The number of hydrogen-bond acceptors (Lipinski definition) is 3. The topological polar surface area (TPSA) is 30.5 Å². The number of benzene rings is 1. The predicted molar refractivity (Wildman–Crippen MR) is 80.0 cm³/mol. The predicted octanol–water partition coefficient (Wildman–Crippen LogP) is 3.49. The molecule has 0 radical (unpaired) electrons. The van der Waals surface area contributed by atoms with Crippen molar-refractivity contribution in [2.24, 2.45) is 5.41 Å². The Bertz CT molecular complexity index is 364. The van der Waals surface area contributed by atoms with Gasteiger partial charge in [-0.25, -0.2) is 0 Å². The summed E-state index contributed by atoms with van der Waals surface area (Å²) < 4.78 is 11.4. The third kappa shape index (κ3) is 5.97. The molecule has 0 aliphatic heterocycles. The average molecular weight is 265 g/mol. The van der Waals surface area contributed by atoms with Crippen LogP contribution in [-0.2, 0) is 0 Å². The van der Waals surface area contributed by atoms with Crippen LogP contribution in [0.1, 0.15) is 34.1 Å². The number of nitrogens with one attached hydrogen (secondary N) is 1. The smallest absolute Gasteiger partial charge is 0.161 e. The van der Waals surface area contributed by atoms with E-state index in [4.69, 9.17) is 9.47 Å². The van der Waals surface area contributed by atoms with Crippen molar-refractivity contribution in [3.63, 3.8) is 0 Å². The van der Waals surface area contributed by atoms with Crippen LogP contribution in [0.25, 0.3) is 0 Å². The molecule has 0 heterocycles. The summed E-state index contributed by atoms with van der Waals surface area (Å²) in [6.45, 7) is 12.0. The summed E-state index contributed by atoms with van der Waals surface area (Å²) >= 11 is 0. The fraction of sp³-hybridized carbons (Fsp3) is 0.625. The molecule has 3 nitrogen and oxygen atoms in total. The highest BCUT2D eigenvalue weighted by Crippen LogP contribution is 2.27. The summed E-state index contributed by atoms with van der Waals surface area (Å²) in [6, 6.07) is 7.85. The molecule has 0 aliphatic rings. The molecule has 0 aliphatic carbocycles. The first-order valence-electron chi connectivity index (χ1n) is 7.14. The first kappa shape index (κ1) is 15.8. The second kappa shape index (κ2) is 8.05. The zero-order valence-electron chi connectivity index (χ0n) is 12.7. The maximum atomic E-state index is 5.85. The summed E-state index contributed by atoms with van der Waals surface area (Å²) in [5.41, 5.74) is 0.247. The molecule has 0 saturated carbocycles. The molecule has 1 N–H and O–H groups in total. The molecule has 19 heavy (non-hydrogen) atoms. The highest BCUT2D eigenvalue weighted by molar-refractivity contribution is 5.39. The average Bonchev–Trinajstić information content (AvgIpc) is 2.39. The summed E-state index contributed by atoms with van der Waals surface area (Å²) in [5.74, 6) is 1.66. The van der Waals surface area contributed by atoms with Gasteiger partial charge in [-0.05, 0) is 37.4 Å². The maximum Gasteiger partial charge on any atom is 0.161 e. The van der Waals surface area contributed by atoms with Crippen LogP contribution >= 0.6 is 0 Å². The number of para-hydroxylation sites is 2. The van der Waals surface area contributed by atoms with Crippen LogP contribution in [0.4, 0.5) is 0 Å². The lowest BCUT2D eigenvalue weighted by atomic mass is 9.90. The molecule has 0 aromatic heterocycles. The Kier molecular flexibility index (Phi) is 6.71. The molecule has 0 saturated heterocycles. The minimum atomic E-state index is 0.247. The Balaban J connectivity index is 2.44. The van der Waals surface area contributed by atoms with Crippen molar-refractivity contribution in [2.75, 3.05) is 26.3 Å². The Morgan fingerprint density at radius 2 is 1.68 bits per heavy atom. The van der Waals surface area contributed by atoms with Gasteiger partial charge in [-0.15, -0.1) is 0 Å². The van der Waals surface area contributed by atoms with E-state index >= 15 is 0 Å². The fourth-order valence-electron chi connectivity index (χ4n) is 1.83. The third-order valence-electron chi connectivity index (χ3n) is 3.04. The zero-order chi connectivity index (χ0) is 14.1. The van der Waals surface area contributed by atoms with E-state index in [2.05, 4.69) is 26.1 Å². The largest absolute Gasteiger partial charge is 0.490 e. The van der Waals surface area contributed by atoms with E-state index in [0.29, 0.717) is 13.2 Å². The normalized spacial score (nSPS) is 11.4. The Morgan fingerprint density at radius 1 is 1.05 bits per heavy atom. The van der Waals surface area contributed by atoms with Gasteiger partial charge in [0, 0.05) is 6.54 Å². The third-order valence-corrected chi connectivity index (χ3v) is 3.04. The van der Waals surface area contributed by atoms with Crippen LogP contribution < -0.4 is 14.8 Å². The molecule has 0 atom stereocenters. The quantitative estimate of drug-likeness (QED) is 0.741. The van der Waals surface area contributed by atoms with Crippen LogP contribution in [0.15, 0.2) is 24.3 Å². The standard InChI is InChI=1S/C16H27NO2/c1-5-17-13-16(3,4)11-12-19-15-10-8-7-9-14(15)18-6-2/h7-10,17H,5-6,11-13H2,1-4H3. The van der Waals surface area contributed by atoms with Gasteiger partial charge in [-0.1, -0.05) is 32.9 Å². The van der Waals surface area contributed by atoms with Crippen LogP contribution in [0, 0.1) is 5.41 Å². The Morgan fingerprint density at radius 3 is 2.26 bits per heavy atom. The molecular formula is C16H27NO2. The van der Waals surface area contributed by atoms with E-state index in [1.54, 1.807) is 0 Å². The van der Waals surface area contributed by atoms with Gasteiger partial charge in [0.15, 0.2) is 11.5 Å². The minimum Gasteiger partial charge on any atom is -0.490 e. The fourth-order valence-corrected chi connectivity index (χ4v) is 1.83. The molecular weight excluding hydrogens is 238 g/mol. The second-order valence-corrected chi connectivity index (χ2v) is 5.42. The van der Waals surface area contributed by atoms with E-state index in [9.17, 15) is 0 Å². The van der Waals surface area contributed by atoms with Gasteiger partial charge in [0.25, 0.3) is 0 Å². The van der Waals surface area contributed by atoms with Crippen molar-refractivity contribution < 1.29 is 9.47 Å². The van der Waals surface area contributed by atoms with Crippen molar-refractivity contribution >= 4 is 0 Å². The lowest BCUT2D eigenvalue weighted by molar-refractivity contribution is 0.214. The van der Waals surface area contributed by atoms with Crippen LogP contribution in [0.5, 0.6) is 11.5 Å². The minimum absolute atomic E-state index is 0.247. The van der Waals surface area contributed by atoms with Crippen molar-refractivity contribution in [3.8, 4) is 11.5 Å². The molecule has 0 spiro atoms. The highest BCUT2D eigenvalue weighted by atomic mass is 16.5. The lowest BCUT2D eigenvalue weighted by Crippen LogP contribution is -2.30. The van der Waals surface area contributed by atoms with Gasteiger partial charge in [0.1, 0.15) is 0 Å². The SMILES string of the molecule is CCNCC(C)(C)CCOc1ccccc1OCC. The maximum absolute atomic E-state index is 5.85. The Labute approximate surface area is 117 Å². The number of hydrogen-bond donors (Lipinski definition) is 1. The van der Waals surface area contributed by atoms with E-state index in [1.165, 1.54) is 0 Å². The molecule has 0 unspecified atom stereocenters. The summed E-state index contributed by atoms with van der Waals surface area (Å²) in [6.07, 6.45) is 1.01. The summed E-state index contributed by atoms with van der Waals surface area (Å²) in [5, 5.41) is 3.39. The molecule has 0 bridgehead atoms. The monoisotopic (exact) mass is 265 g/mol. The van der Waals surface area contributed by atoms with E-state index in [1.807, 2.05) is 31.2 Å². The van der Waals surface area contributed by atoms with Gasteiger partial charge in [0.05, 0.1) is 13.2 Å². The molecule has 1 aromatic rings. The number of rotatable bonds is 9. The van der Waals surface area contributed by atoms with Gasteiger partial charge in [0.2, 0.25) is 0 Å². The highest BCUT2D eigenvalue weighted by Gasteiger charge is 2.17. The molecule has 3 heteroatoms. The summed E-state index contributed by atoms with van der Waals surface area (Å²) in [4.78, 5) is 0. The first-order chi connectivity index (χ1) is 9.09. The van der Waals surface area contributed by atoms with E-state index < -0.39 is 0 Å². The van der Waals surface area contributed by atoms with Crippen molar-refractivity contribution in [1.82, 2.24) is 5.32 Å². The van der Waals surface area contributed by atoms with Gasteiger partial charge in [-0.3, -0.25) is 0 Å². The van der Waals surface area contributed by atoms with Gasteiger partial charge in [-0.2, -0.15) is 0 Å². The van der Waals surface area contributed by atoms with Gasteiger partial charge >= 0.3 is 0 Å². The van der Waals surface area contributed by atoms with Crippen LogP contribution in [-0.4, -0.2) is 26.3 Å².